The average Bonchev–Trinajstić information content (AvgIpc) is 2.59. The Morgan fingerprint density at radius 2 is 2.20 bits per heavy atom. The minimum absolute atomic E-state index is 0.546. The molecule has 2 heteroatoms. The van der Waals surface area contributed by atoms with E-state index in [0.717, 1.165) is 18.2 Å². The molecule has 1 unspecified atom stereocenters. The van der Waals surface area contributed by atoms with E-state index in [1.807, 2.05) is 0 Å². The fourth-order valence-electron chi connectivity index (χ4n) is 2.77. The molecule has 1 heterocycles. The van der Waals surface area contributed by atoms with Gasteiger partial charge in [0.1, 0.15) is 5.75 Å². The van der Waals surface area contributed by atoms with Crippen molar-refractivity contribution in [2.75, 3.05) is 7.11 Å². The number of nitrogens with one attached hydrogen (secondary N) is 1. The van der Waals surface area contributed by atoms with Gasteiger partial charge in [-0.1, -0.05) is 18.6 Å². The Morgan fingerprint density at radius 3 is 2.87 bits per heavy atom. The third kappa shape index (κ3) is 1.36. The molecule has 0 radical (unpaired) electrons. The maximum atomic E-state index is 5.47. The molecule has 3 rings (SSSR count). The van der Waals surface area contributed by atoms with E-state index in [1.54, 1.807) is 7.11 Å². The van der Waals surface area contributed by atoms with Crippen LogP contribution in [-0.2, 0) is 6.54 Å². The Morgan fingerprint density at radius 1 is 1.33 bits per heavy atom. The molecule has 0 amide bonds. The molecular weight excluding hydrogens is 186 g/mol. The van der Waals surface area contributed by atoms with Gasteiger partial charge in [-0.25, -0.2) is 0 Å². The van der Waals surface area contributed by atoms with Crippen molar-refractivity contribution in [2.24, 2.45) is 5.92 Å². The molecule has 1 N–H and O–H groups in total. The van der Waals surface area contributed by atoms with Crippen LogP contribution < -0.4 is 10.1 Å². The zero-order chi connectivity index (χ0) is 10.3. The van der Waals surface area contributed by atoms with Crippen LogP contribution in [0.2, 0.25) is 0 Å². The SMILES string of the molecule is COc1cccc2c1C(C1CCC1)NC2. The van der Waals surface area contributed by atoms with Crippen molar-refractivity contribution in [3.63, 3.8) is 0 Å². The lowest BCUT2D eigenvalue weighted by atomic mass is 9.77. The number of rotatable bonds is 2. The van der Waals surface area contributed by atoms with E-state index < -0.39 is 0 Å². The highest BCUT2D eigenvalue weighted by atomic mass is 16.5. The predicted octanol–water partition coefficient (Wildman–Crippen LogP) is 2.64. The first-order valence-corrected chi connectivity index (χ1v) is 5.79. The molecule has 0 spiro atoms. The molecule has 1 atom stereocenters. The number of methoxy groups -OCH3 is 1. The maximum Gasteiger partial charge on any atom is 0.123 e. The van der Waals surface area contributed by atoms with Gasteiger partial charge in [0, 0.05) is 18.2 Å². The van der Waals surface area contributed by atoms with E-state index in [2.05, 4.69) is 23.5 Å². The van der Waals surface area contributed by atoms with Gasteiger partial charge in [-0.2, -0.15) is 0 Å². The number of benzene rings is 1. The molecule has 2 aliphatic rings. The van der Waals surface area contributed by atoms with Crippen LogP contribution in [0.3, 0.4) is 0 Å². The molecule has 1 fully saturated rings. The van der Waals surface area contributed by atoms with Crippen LogP contribution in [0.4, 0.5) is 0 Å². The molecule has 1 aliphatic carbocycles. The fraction of sp³-hybridized carbons (Fsp3) is 0.538. The Labute approximate surface area is 90.6 Å². The molecule has 0 aromatic heterocycles. The Bertz CT molecular complexity index is 371. The van der Waals surface area contributed by atoms with Crippen molar-refractivity contribution in [1.29, 1.82) is 0 Å². The summed E-state index contributed by atoms with van der Waals surface area (Å²) in [6, 6.07) is 6.92. The van der Waals surface area contributed by atoms with Gasteiger partial charge in [0.15, 0.2) is 0 Å². The van der Waals surface area contributed by atoms with Crippen LogP contribution in [0.15, 0.2) is 18.2 Å². The van der Waals surface area contributed by atoms with Crippen LogP contribution in [0.5, 0.6) is 5.75 Å². The quantitative estimate of drug-likeness (QED) is 0.797. The third-order valence-corrected chi connectivity index (χ3v) is 3.82. The topological polar surface area (TPSA) is 21.3 Å². The summed E-state index contributed by atoms with van der Waals surface area (Å²) in [6.45, 7) is 1.01. The van der Waals surface area contributed by atoms with Gasteiger partial charge in [-0.05, 0) is 30.4 Å². The van der Waals surface area contributed by atoms with Gasteiger partial charge in [-0.3, -0.25) is 0 Å². The summed E-state index contributed by atoms with van der Waals surface area (Å²) in [6.07, 6.45) is 4.14. The molecule has 0 saturated heterocycles. The summed E-state index contributed by atoms with van der Waals surface area (Å²) in [5, 5.41) is 3.62. The first-order valence-electron chi connectivity index (χ1n) is 5.79. The molecule has 1 saturated carbocycles. The standard InChI is InChI=1S/C13H17NO/c1-15-11-7-3-6-10-8-14-13(12(10)11)9-4-2-5-9/h3,6-7,9,13-14H,2,4-5,8H2,1H3. The van der Waals surface area contributed by atoms with Crippen LogP contribution in [0.25, 0.3) is 0 Å². The van der Waals surface area contributed by atoms with Crippen molar-refractivity contribution in [2.45, 2.75) is 31.8 Å². The third-order valence-electron chi connectivity index (χ3n) is 3.82. The Kier molecular flexibility index (Phi) is 2.17. The highest BCUT2D eigenvalue weighted by molar-refractivity contribution is 5.45. The zero-order valence-corrected chi connectivity index (χ0v) is 9.12. The van der Waals surface area contributed by atoms with Gasteiger partial charge in [-0.15, -0.1) is 0 Å². The smallest absolute Gasteiger partial charge is 0.123 e. The largest absolute Gasteiger partial charge is 0.496 e. The van der Waals surface area contributed by atoms with Crippen LogP contribution in [0, 0.1) is 5.92 Å². The molecular formula is C13H17NO. The normalized spacial score (nSPS) is 24.7. The minimum atomic E-state index is 0.546. The summed E-state index contributed by atoms with van der Waals surface area (Å²) in [4.78, 5) is 0. The van der Waals surface area contributed by atoms with Gasteiger partial charge in [0.05, 0.1) is 7.11 Å². The molecule has 1 aromatic carbocycles. The van der Waals surface area contributed by atoms with E-state index >= 15 is 0 Å². The second-order valence-corrected chi connectivity index (χ2v) is 4.58. The number of hydrogen-bond acceptors (Lipinski definition) is 2. The van der Waals surface area contributed by atoms with Crippen LogP contribution in [0.1, 0.15) is 36.4 Å². The van der Waals surface area contributed by atoms with Gasteiger partial charge >= 0.3 is 0 Å². The summed E-state index contributed by atoms with van der Waals surface area (Å²) in [5.41, 5.74) is 2.84. The van der Waals surface area contributed by atoms with Crippen LogP contribution >= 0.6 is 0 Å². The summed E-state index contributed by atoms with van der Waals surface area (Å²) in [7, 11) is 1.77. The van der Waals surface area contributed by atoms with Crippen LogP contribution in [-0.4, -0.2) is 7.11 Å². The maximum absolute atomic E-state index is 5.47. The second kappa shape index (κ2) is 3.53. The molecule has 0 bridgehead atoms. The zero-order valence-electron chi connectivity index (χ0n) is 9.12. The monoisotopic (exact) mass is 203 g/mol. The molecule has 1 aliphatic heterocycles. The van der Waals surface area contributed by atoms with Crippen molar-refractivity contribution >= 4 is 0 Å². The summed E-state index contributed by atoms with van der Waals surface area (Å²) >= 11 is 0. The minimum Gasteiger partial charge on any atom is -0.496 e. The molecule has 80 valence electrons. The van der Waals surface area contributed by atoms with E-state index in [-0.39, 0.29) is 0 Å². The summed E-state index contributed by atoms with van der Waals surface area (Å²) in [5.74, 6) is 1.90. The number of hydrogen-bond donors (Lipinski definition) is 1. The lowest BCUT2D eigenvalue weighted by Gasteiger charge is -2.32. The lowest BCUT2D eigenvalue weighted by Crippen LogP contribution is -2.27. The number of ether oxygens (including phenoxy) is 1. The van der Waals surface area contributed by atoms with Crippen molar-refractivity contribution in [1.82, 2.24) is 5.32 Å². The van der Waals surface area contributed by atoms with Crippen molar-refractivity contribution in [3.8, 4) is 5.75 Å². The first kappa shape index (κ1) is 9.22. The fourth-order valence-corrected chi connectivity index (χ4v) is 2.77. The van der Waals surface area contributed by atoms with Crippen molar-refractivity contribution in [3.05, 3.63) is 29.3 Å². The van der Waals surface area contributed by atoms with Gasteiger partial charge < -0.3 is 10.1 Å². The molecule has 1 aromatic rings. The lowest BCUT2D eigenvalue weighted by molar-refractivity contribution is 0.237. The second-order valence-electron chi connectivity index (χ2n) is 4.58. The van der Waals surface area contributed by atoms with E-state index in [9.17, 15) is 0 Å². The van der Waals surface area contributed by atoms with Gasteiger partial charge in [0.25, 0.3) is 0 Å². The van der Waals surface area contributed by atoms with E-state index in [1.165, 1.54) is 30.4 Å². The highest BCUT2D eigenvalue weighted by Gasteiger charge is 2.34. The number of fused-ring (bicyclic) bond motifs is 1. The van der Waals surface area contributed by atoms with Gasteiger partial charge in [0.2, 0.25) is 0 Å². The summed E-state index contributed by atoms with van der Waals surface area (Å²) < 4.78 is 5.47. The van der Waals surface area contributed by atoms with Crippen molar-refractivity contribution < 1.29 is 4.74 Å². The Hall–Kier alpha value is -1.02. The van der Waals surface area contributed by atoms with E-state index in [0.29, 0.717) is 6.04 Å². The highest BCUT2D eigenvalue weighted by Crippen LogP contribution is 2.44. The molecule has 15 heavy (non-hydrogen) atoms. The first-order chi connectivity index (χ1) is 7.40. The molecule has 2 nitrogen and oxygen atoms in total. The average molecular weight is 203 g/mol. The predicted molar refractivity (Wildman–Crippen MR) is 59.9 cm³/mol. The van der Waals surface area contributed by atoms with E-state index in [4.69, 9.17) is 4.74 Å². The Balaban J connectivity index is 1.99.